The number of H-pyrrole nitrogens is 1. The van der Waals surface area contributed by atoms with E-state index in [2.05, 4.69) is 15.6 Å². The normalized spacial score (nSPS) is 10.4. The first-order chi connectivity index (χ1) is 9.60. The molecule has 0 atom stereocenters. The highest BCUT2D eigenvalue weighted by Crippen LogP contribution is 2.22. The van der Waals surface area contributed by atoms with Crippen molar-refractivity contribution in [3.63, 3.8) is 0 Å². The van der Waals surface area contributed by atoms with Crippen LogP contribution in [0.25, 0.3) is 10.9 Å². The molecular formula is C14H17N3O3. The number of hydrogen-bond acceptors (Lipinski definition) is 2. The molecule has 0 fully saturated rings. The summed E-state index contributed by atoms with van der Waals surface area (Å²) in [6.45, 7) is 2.38. The van der Waals surface area contributed by atoms with Gasteiger partial charge in [-0.2, -0.15) is 0 Å². The van der Waals surface area contributed by atoms with Crippen molar-refractivity contribution in [2.75, 3.05) is 11.9 Å². The third-order valence-electron chi connectivity index (χ3n) is 3.06. The number of anilines is 1. The first-order valence-corrected chi connectivity index (χ1v) is 6.47. The van der Waals surface area contributed by atoms with Crippen molar-refractivity contribution in [1.29, 1.82) is 0 Å². The van der Waals surface area contributed by atoms with E-state index < -0.39 is 6.09 Å². The Bertz CT molecular complexity index is 634. The van der Waals surface area contributed by atoms with Crippen LogP contribution in [0, 0.1) is 0 Å². The maximum atomic E-state index is 11.2. The molecule has 6 heteroatoms. The quantitative estimate of drug-likeness (QED) is 0.674. The minimum atomic E-state index is -1.09. The second-order valence-corrected chi connectivity index (χ2v) is 4.46. The van der Waals surface area contributed by atoms with E-state index in [0.717, 1.165) is 16.5 Å². The second kappa shape index (κ2) is 6.10. The van der Waals surface area contributed by atoms with Crippen LogP contribution in [0.3, 0.4) is 0 Å². The van der Waals surface area contributed by atoms with Crippen LogP contribution in [0.5, 0.6) is 0 Å². The van der Waals surface area contributed by atoms with Gasteiger partial charge in [0.2, 0.25) is 5.91 Å². The Morgan fingerprint density at radius 3 is 2.85 bits per heavy atom. The van der Waals surface area contributed by atoms with Gasteiger partial charge in [0.15, 0.2) is 0 Å². The van der Waals surface area contributed by atoms with E-state index in [1.165, 1.54) is 0 Å². The number of carbonyl (C=O) groups excluding carboxylic acids is 1. The van der Waals surface area contributed by atoms with E-state index in [1.54, 1.807) is 12.1 Å². The van der Waals surface area contributed by atoms with E-state index in [4.69, 9.17) is 5.11 Å². The summed E-state index contributed by atoms with van der Waals surface area (Å²) in [6, 6.07) is 5.32. The average Bonchev–Trinajstić information content (AvgIpc) is 2.80. The predicted octanol–water partition coefficient (Wildman–Crippen LogP) is 2.33. The maximum absolute atomic E-state index is 11.2. The van der Waals surface area contributed by atoms with Gasteiger partial charge in [-0.25, -0.2) is 4.79 Å². The Balaban J connectivity index is 2.12. The SMILES string of the molecule is CCC(=O)NCCc1c[nH]c2ccc(NC(=O)O)cc12. The molecule has 1 heterocycles. The molecule has 0 saturated heterocycles. The maximum Gasteiger partial charge on any atom is 0.409 e. The smallest absolute Gasteiger partial charge is 0.409 e. The van der Waals surface area contributed by atoms with Crippen LogP contribution in [-0.2, 0) is 11.2 Å². The fourth-order valence-electron chi connectivity index (χ4n) is 2.05. The molecule has 106 valence electrons. The molecule has 0 radical (unpaired) electrons. The van der Waals surface area contributed by atoms with E-state index in [9.17, 15) is 9.59 Å². The van der Waals surface area contributed by atoms with Crippen molar-refractivity contribution < 1.29 is 14.7 Å². The summed E-state index contributed by atoms with van der Waals surface area (Å²) in [5.74, 6) is 0.0260. The van der Waals surface area contributed by atoms with E-state index in [0.29, 0.717) is 25.1 Å². The summed E-state index contributed by atoms with van der Waals surface area (Å²) in [7, 11) is 0. The summed E-state index contributed by atoms with van der Waals surface area (Å²) in [5.41, 5.74) is 2.52. The highest BCUT2D eigenvalue weighted by molar-refractivity contribution is 5.91. The zero-order valence-electron chi connectivity index (χ0n) is 11.2. The minimum Gasteiger partial charge on any atom is -0.465 e. The lowest BCUT2D eigenvalue weighted by molar-refractivity contribution is -0.120. The predicted molar refractivity (Wildman–Crippen MR) is 77.0 cm³/mol. The first kappa shape index (κ1) is 13.9. The highest BCUT2D eigenvalue weighted by Gasteiger charge is 2.06. The van der Waals surface area contributed by atoms with Crippen LogP contribution in [-0.4, -0.2) is 28.6 Å². The number of hydrogen-bond donors (Lipinski definition) is 4. The molecule has 0 aliphatic carbocycles. The third-order valence-corrected chi connectivity index (χ3v) is 3.06. The van der Waals surface area contributed by atoms with Crippen molar-refractivity contribution in [3.8, 4) is 0 Å². The largest absolute Gasteiger partial charge is 0.465 e. The van der Waals surface area contributed by atoms with Crippen LogP contribution in [0.2, 0.25) is 0 Å². The Kier molecular flexibility index (Phi) is 4.24. The van der Waals surface area contributed by atoms with Gasteiger partial charge in [0.05, 0.1) is 0 Å². The molecule has 1 aromatic heterocycles. The Morgan fingerprint density at radius 2 is 2.15 bits per heavy atom. The van der Waals surface area contributed by atoms with Gasteiger partial charge in [0.1, 0.15) is 0 Å². The van der Waals surface area contributed by atoms with Gasteiger partial charge < -0.3 is 15.4 Å². The van der Waals surface area contributed by atoms with Crippen molar-refractivity contribution >= 4 is 28.6 Å². The molecule has 0 aliphatic heterocycles. The zero-order valence-corrected chi connectivity index (χ0v) is 11.2. The number of benzene rings is 1. The lowest BCUT2D eigenvalue weighted by Crippen LogP contribution is -2.24. The molecule has 0 saturated carbocycles. The Labute approximate surface area is 116 Å². The summed E-state index contributed by atoms with van der Waals surface area (Å²) in [6.07, 6.45) is 1.97. The number of carbonyl (C=O) groups is 2. The molecule has 2 amide bonds. The number of aromatic amines is 1. The molecule has 0 spiro atoms. The van der Waals surface area contributed by atoms with Gasteiger partial charge in [-0.1, -0.05) is 6.92 Å². The van der Waals surface area contributed by atoms with Crippen LogP contribution < -0.4 is 10.6 Å². The van der Waals surface area contributed by atoms with Gasteiger partial charge >= 0.3 is 6.09 Å². The molecular weight excluding hydrogens is 258 g/mol. The number of carboxylic acid groups (broad SMARTS) is 1. The number of fused-ring (bicyclic) bond motifs is 1. The van der Waals surface area contributed by atoms with E-state index in [1.807, 2.05) is 19.2 Å². The van der Waals surface area contributed by atoms with Crippen LogP contribution >= 0.6 is 0 Å². The monoisotopic (exact) mass is 275 g/mol. The van der Waals surface area contributed by atoms with Crippen LogP contribution in [0.1, 0.15) is 18.9 Å². The zero-order chi connectivity index (χ0) is 14.5. The Hall–Kier alpha value is -2.50. The second-order valence-electron chi connectivity index (χ2n) is 4.46. The lowest BCUT2D eigenvalue weighted by atomic mass is 10.1. The summed E-state index contributed by atoms with van der Waals surface area (Å²) < 4.78 is 0. The van der Waals surface area contributed by atoms with Gasteiger partial charge in [-0.15, -0.1) is 0 Å². The number of rotatable bonds is 5. The minimum absolute atomic E-state index is 0.0260. The van der Waals surface area contributed by atoms with Crippen molar-refractivity contribution in [2.24, 2.45) is 0 Å². The molecule has 1 aromatic carbocycles. The van der Waals surface area contributed by atoms with E-state index in [-0.39, 0.29) is 5.91 Å². The topological polar surface area (TPSA) is 94.2 Å². The summed E-state index contributed by atoms with van der Waals surface area (Å²) >= 11 is 0. The van der Waals surface area contributed by atoms with Crippen LogP contribution in [0.15, 0.2) is 24.4 Å². The molecule has 2 rings (SSSR count). The standard InChI is InChI=1S/C14H17N3O3/c1-2-13(18)15-6-5-9-8-16-12-4-3-10(7-11(9)12)17-14(19)20/h3-4,7-8,16-17H,2,5-6H2,1H3,(H,15,18)(H,19,20). The van der Waals surface area contributed by atoms with Gasteiger partial charge in [-0.3, -0.25) is 10.1 Å². The summed E-state index contributed by atoms with van der Waals surface area (Å²) in [5, 5.41) is 14.8. The van der Waals surface area contributed by atoms with Crippen molar-refractivity contribution in [3.05, 3.63) is 30.0 Å². The van der Waals surface area contributed by atoms with Gasteiger partial charge in [-0.05, 0) is 30.2 Å². The average molecular weight is 275 g/mol. The van der Waals surface area contributed by atoms with Crippen molar-refractivity contribution in [1.82, 2.24) is 10.3 Å². The molecule has 0 bridgehead atoms. The molecule has 0 aliphatic rings. The van der Waals surface area contributed by atoms with Crippen LogP contribution in [0.4, 0.5) is 10.5 Å². The highest BCUT2D eigenvalue weighted by atomic mass is 16.4. The Morgan fingerprint density at radius 1 is 1.35 bits per heavy atom. The third kappa shape index (κ3) is 3.28. The first-order valence-electron chi connectivity index (χ1n) is 6.47. The van der Waals surface area contributed by atoms with Crippen molar-refractivity contribution in [2.45, 2.75) is 19.8 Å². The van der Waals surface area contributed by atoms with E-state index >= 15 is 0 Å². The van der Waals surface area contributed by atoms with Gasteiger partial charge in [0, 0.05) is 35.8 Å². The number of nitrogens with one attached hydrogen (secondary N) is 3. The molecule has 6 nitrogen and oxygen atoms in total. The number of amides is 2. The number of aromatic nitrogens is 1. The summed E-state index contributed by atoms with van der Waals surface area (Å²) in [4.78, 5) is 25.0. The molecule has 4 N–H and O–H groups in total. The molecule has 20 heavy (non-hydrogen) atoms. The fourth-order valence-corrected chi connectivity index (χ4v) is 2.05. The lowest BCUT2D eigenvalue weighted by Gasteiger charge is -2.04. The fraction of sp³-hybridized carbons (Fsp3) is 0.286. The van der Waals surface area contributed by atoms with Gasteiger partial charge in [0.25, 0.3) is 0 Å². The molecule has 2 aromatic rings. The molecule has 0 unspecified atom stereocenters.